The smallest absolute Gasteiger partial charge is 0.247 e. The van der Waals surface area contributed by atoms with Crippen molar-refractivity contribution < 1.29 is 9.32 Å². The number of nitrogens with zero attached hydrogens (tertiary/aromatic N) is 2. The molecule has 1 heterocycles. The third-order valence-electron chi connectivity index (χ3n) is 3.96. The fourth-order valence-corrected chi connectivity index (χ4v) is 2.82. The lowest BCUT2D eigenvalue weighted by molar-refractivity contribution is -0.121. The van der Waals surface area contributed by atoms with Gasteiger partial charge in [-0.25, -0.2) is 0 Å². The van der Waals surface area contributed by atoms with E-state index in [2.05, 4.69) is 22.6 Å². The maximum Gasteiger partial charge on any atom is 0.247 e. The van der Waals surface area contributed by atoms with Gasteiger partial charge in [0.1, 0.15) is 11.8 Å². The minimum atomic E-state index is -0.432. The number of anilines is 1. The van der Waals surface area contributed by atoms with E-state index in [0.29, 0.717) is 18.1 Å². The van der Waals surface area contributed by atoms with Crippen molar-refractivity contribution in [2.45, 2.75) is 19.5 Å². The number of amides is 1. The lowest BCUT2D eigenvalue weighted by atomic mass is 10.0. The van der Waals surface area contributed by atoms with Crippen LogP contribution in [0.4, 0.5) is 5.82 Å². The van der Waals surface area contributed by atoms with Crippen LogP contribution in [0.25, 0.3) is 0 Å². The zero-order valence-electron chi connectivity index (χ0n) is 14.3. The summed E-state index contributed by atoms with van der Waals surface area (Å²) in [5.41, 5.74) is 2.08. The van der Waals surface area contributed by atoms with E-state index in [1.165, 1.54) is 0 Å². The summed E-state index contributed by atoms with van der Waals surface area (Å²) in [4.78, 5) is 14.9. The number of carbonyl (C=O) groups is 1. The molecule has 0 unspecified atom stereocenters. The minimum absolute atomic E-state index is 0.141. The summed E-state index contributed by atoms with van der Waals surface area (Å²) in [6.45, 7) is 2.45. The molecule has 0 saturated heterocycles. The molecule has 5 nitrogen and oxygen atoms in total. The van der Waals surface area contributed by atoms with Crippen LogP contribution in [0, 0.1) is 6.92 Å². The Morgan fingerprint density at radius 3 is 2.36 bits per heavy atom. The van der Waals surface area contributed by atoms with Gasteiger partial charge in [-0.3, -0.25) is 9.69 Å². The first-order valence-corrected chi connectivity index (χ1v) is 8.17. The summed E-state index contributed by atoms with van der Waals surface area (Å²) in [7, 11) is 1.94. The lowest BCUT2D eigenvalue weighted by Gasteiger charge is -2.27. The van der Waals surface area contributed by atoms with Crippen LogP contribution in [0.3, 0.4) is 0 Å². The van der Waals surface area contributed by atoms with Crippen molar-refractivity contribution in [1.29, 1.82) is 0 Å². The zero-order chi connectivity index (χ0) is 17.6. The molecule has 25 heavy (non-hydrogen) atoms. The Bertz CT molecular complexity index is 815. The van der Waals surface area contributed by atoms with Crippen molar-refractivity contribution in [1.82, 2.24) is 10.1 Å². The number of benzene rings is 2. The van der Waals surface area contributed by atoms with Gasteiger partial charge in [-0.2, -0.15) is 0 Å². The van der Waals surface area contributed by atoms with Crippen LogP contribution >= 0.6 is 0 Å². The second-order valence-corrected chi connectivity index (χ2v) is 6.03. The summed E-state index contributed by atoms with van der Waals surface area (Å²) < 4.78 is 5.03. The maximum absolute atomic E-state index is 12.9. The van der Waals surface area contributed by atoms with E-state index < -0.39 is 6.04 Å². The molecule has 0 aliphatic rings. The Morgan fingerprint density at radius 2 is 1.76 bits per heavy atom. The van der Waals surface area contributed by atoms with Gasteiger partial charge in [-0.1, -0.05) is 65.8 Å². The van der Waals surface area contributed by atoms with Crippen LogP contribution in [0.1, 0.15) is 22.9 Å². The topological polar surface area (TPSA) is 58.4 Å². The Labute approximate surface area is 147 Å². The highest BCUT2D eigenvalue weighted by atomic mass is 16.5. The second-order valence-electron chi connectivity index (χ2n) is 6.03. The number of aromatic nitrogens is 1. The standard InChI is InChI=1S/C20H21N3O2/c1-15-13-18(22-25-15)21-20(24)19(17-11-7-4-8-12-17)23(2)14-16-9-5-3-6-10-16/h3-13,19H,14H2,1-2H3,(H,21,22,24)/t19-/m1/s1. The van der Waals surface area contributed by atoms with Gasteiger partial charge >= 0.3 is 0 Å². The highest BCUT2D eigenvalue weighted by Crippen LogP contribution is 2.23. The van der Waals surface area contributed by atoms with E-state index in [9.17, 15) is 4.79 Å². The first kappa shape index (κ1) is 16.9. The van der Waals surface area contributed by atoms with E-state index in [1.807, 2.05) is 60.5 Å². The molecule has 0 bridgehead atoms. The normalized spacial score (nSPS) is 12.1. The van der Waals surface area contributed by atoms with Crippen molar-refractivity contribution >= 4 is 11.7 Å². The summed E-state index contributed by atoms with van der Waals surface area (Å²) in [6.07, 6.45) is 0. The van der Waals surface area contributed by atoms with Crippen LogP contribution in [0.15, 0.2) is 71.3 Å². The van der Waals surface area contributed by atoms with E-state index in [4.69, 9.17) is 4.52 Å². The van der Waals surface area contributed by atoms with Crippen molar-refractivity contribution in [3.63, 3.8) is 0 Å². The summed E-state index contributed by atoms with van der Waals surface area (Å²) in [5.74, 6) is 0.943. The average Bonchev–Trinajstić information content (AvgIpc) is 3.01. The number of nitrogens with one attached hydrogen (secondary N) is 1. The Hall–Kier alpha value is -2.92. The number of likely N-dealkylation sites (N-methyl/N-ethyl adjacent to an activating group) is 1. The molecule has 1 aromatic heterocycles. The summed E-state index contributed by atoms with van der Waals surface area (Å²) >= 11 is 0. The third kappa shape index (κ3) is 4.33. The fraction of sp³-hybridized carbons (Fsp3) is 0.200. The molecule has 5 heteroatoms. The highest BCUT2D eigenvalue weighted by Gasteiger charge is 2.26. The van der Waals surface area contributed by atoms with Gasteiger partial charge in [0.15, 0.2) is 5.82 Å². The van der Waals surface area contributed by atoms with E-state index in [0.717, 1.165) is 11.1 Å². The predicted molar refractivity (Wildman–Crippen MR) is 97.0 cm³/mol. The zero-order valence-corrected chi connectivity index (χ0v) is 14.3. The molecule has 0 aliphatic carbocycles. The van der Waals surface area contributed by atoms with E-state index >= 15 is 0 Å². The maximum atomic E-state index is 12.9. The van der Waals surface area contributed by atoms with Gasteiger partial charge in [0.2, 0.25) is 5.91 Å². The van der Waals surface area contributed by atoms with Crippen molar-refractivity contribution in [3.8, 4) is 0 Å². The molecular formula is C20H21N3O2. The third-order valence-corrected chi connectivity index (χ3v) is 3.96. The van der Waals surface area contributed by atoms with Crippen molar-refractivity contribution in [2.24, 2.45) is 0 Å². The molecule has 0 saturated carbocycles. The fourth-order valence-electron chi connectivity index (χ4n) is 2.82. The first-order valence-electron chi connectivity index (χ1n) is 8.17. The molecular weight excluding hydrogens is 314 g/mol. The number of aryl methyl sites for hydroxylation is 1. The van der Waals surface area contributed by atoms with Crippen LogP contribution in [-0.2, 0) is 11.3 Å². The summed E-state index contributed by atoms with van der Waals surface area (Å²) in [5, 5.41) is 6.69. The number of carbonyl (C=O) groups excluding carboxylic acids is 1. The van der Waals surface area contributed by atoms with Crippen LogP contribution in [0.2, 0.25) is 0 Å². The SMILES string of the molecule is Cc1cc(NC(=O)[C@@H](c2ccccc2)N(C)Cc2ccccc2)no1. The highest BCUT2D eigenvalue weighted by molar-refractivity contribution is 5.94. The molecule has 1 amide bonds. The predicted octanol–water partition coefficient (Wildman–Crippen LogP) is 3.79. The van der Waals surface area contributed by atoms with Gasteiger partial charge < -0.3 is 9.84 Å². The molecule has 0 aliphatic heterocycles. The Balaban J connectivity index is 1.83. The largest absolute Gasteiger partial charge is 0.360 e. The van der Waals surface area contributed by atoms with Crippen LogP contribution < -0.4 is 5.32 Å². The second kappa shape index (κ2) is 7.77. The minimum Gasteiger partial charge on any atom is -0.360 e. The van der Waals surface area contributed by atoms with Crippen LogP contribution in [-0.4, -0.2) is 23.0 Å². The molecule has 128 valence electrons. The Kier molecular flexibility index (Phi) is 5.26. The van der Waals surface area contributed by atoms with Gasteiger partial charge in [-0.05, 0) is 25.1 Å². The van der Waals surface area contributed by atoms with Gasteiger partial charge in [0.25, 0.3) is 0 Å². The Morgan fingerprint density at radius 1 is 1.12 bits per heavy atom. The number of hydrogen-bond donors (Lipinski definition) is 1. The monoisotopic (exact) mass is 335 g/mol. The molecule has 0 radical (unpaired) electrons. The molecule has 1 N–H and O–H groups in total. The quantitative estimate of drug-likeness (QED) is 0.744. The number of rotatable bonds is 6. The summed E-state index contributed by atoms with van der Waals surface area (Å²) in [6, 6.07) is 21.1. The molecule has 3 aromatic rings. The van der Waals surface area contributed by atoms with E-state index in [-0.39, 0.29) is 5.91 Å². The lowest BCUT2D eigenvalue weighted by Crippen LogP contribution is -2.34. The van der Waals surface area contributed by atoms with E-state index in [1.54, 1.807) is 13.0 Å². The van der Waals surface area contributed by atoms with Crippen molar-refractivity contribution in [2.75, 3.05) is 12.4 Å². The van der Waals surface area contributed by atoms with Gasteiger partial charge in [0, 0.05) is 12.6 Å². The molecule has 1 atom stereocenters. The molecule has 0 fully saturated rings. The van der Waals surface area contributed by atoms with Crippen LogP contribution in [0.5, 0.6) is 0 Å². The molecule has 0 spiro atoms. The first-order chi connectivity index (χ1) is 12.1. The van der Waals surface area contributed by atoms with Gasteiger partial charge in [0.05, 0.1) is 0 Å². The van der Waals surface area contributed by atoms with Crippen molar-refractivity contribution in [3.05, 3.63) is 83.6 Å². The number of hydrogen-bond acceptors (Lipinski definition) is 4. The average molecular weight is 335 g/mol. The van der Waals surface area contributed by atoms with Gasteiger partial charge in [-0.15, -0.1) is 0 Å². The molecule has 2 aromatic carbocycles. The molecule has 3 rings (SSSR count).